The number of nitrogens with zero attached hydrogens (tertiary/aromatic N) is 2. The number of hydrogen-bond acceptors (Lipinski definition) is 5. The molecule has 1 aromatic heterocycles. The van der Waals surface area contributed by atoms with Crippen molar-refractivity contribution >= 4 is 33.7 Å². The zero-order valence-corrected chi connectivity index (χ0v) is 15.5. The first kappa shape index (κ1) is 18.2. The molecule has 0 spiro atoms. The Labute approximate surface area is 158 Å². The number of esters is 1. The molecule has 0 radical (unpaired) electrons. The molecule has 2 amide bonds. The van der Waals surface area contributed by atoms with Crippen LogP contribution in [-0.4, -0.2) is 60.4 Å². The number of piperazine rings is 1. The number of carbonyl (C=O) groups is 3. The highest BCUT2D eigenvalue weighted by molar-refractivity contribution is 9.10. The number of furan rings is 1. The van der Waals surface area contributed by atoms with Crippen LogP contribution in [0.25, 0.3) is 0 Å². The molecule has 1 aliphatic heterocycles. The third-order valence-corrected chi connectivity index (χ3v) is 4.76. The van der Waals surface area contributed by atoms with Crippen LogP contribution in [0.2, 0.25) is 0 Å². The third kappa shape index (κ3) is 4.13. The van der Waals surface area contributed by atoms with Crippen LogP contribution in [0, 0.1) is 0 Å². The molecule has 0 bridgehead atoms. The van der Waals surface area contributed by atoms with Crippen LogP contribution in [0.4, 0.5) is 0 Å². The molecule has 1 aromatic carbocycles. The van der Waals surface area contributed by atoms with Crippen molar-refractivity contribution in [2.75, 3.05) is 32.8 Å². The van der Waals surface area contributed by atoms with Gasteiger partial charge in [0.25, 0.3) is 11.8 Å². The molecule has 26 heavy (non-hydrogen) atoms. The second-order valence-corrected chi connectivity index (χ2v) is 6.56. The molecule has 0 unspecified atom stereocenters. The minimum absolute atomic E-state index is 0.192. The van der Waals surface area contributed by atoms with Crippen molar-refractivity contribution in [1.82, 2.24) is 9.80 Å². The van der Waals surface area contributed by atoms with Crippen molar-refractivity contribution in [3.8, 4) is 0 Å². The predicted octanol–water partition coefficient (Wildman–Crippen LogP) is 2.18. The monoisotopic (exact) mass is 420 g/mol. The first-order chi connectivity index (χ1) is 12.6. The lowest BCUT2D eigenvalue weighted by Crippen LogP contribution is -2.51. The van der Waals surface area contributed by atoms with Crippen LogP contribution in [0.5, 0.6) is 0 Å². The lowest BCUT2D eigenvalue weighted by molar-refractivity contribution is -0.136. The molecular weight excluding hydrogens is 404 g/mol. The Morgan fingerprint density at radius 2 is 1.69 bits per heavy atom. The fourth-order valence-corrected chi connectivity index (χ4v) is 3.08. The summed E-state index contributed by atoms with van der Waals surface area (Å²) in [6.07, 6.45) is 1.45. The van der Waals surface area contributed by atoms with E-state index < -0.39 is 5.97 Å². The molecule has 2 heterocycles. The van der Waals surface area contributed by atoms with E-state index in [2.05, 4.69) is 15.9 Å². The van der Waals surface area contributed by atoms with Crippen molar-refractivity contribution in [3.05, 3.63) is 58.5 Å². The van der Waals surface area contributed by atoms with Crippen molar-refractivity contribution in [2.24, 2.45) is 0 Å². The average Bonchev–Trinajstić information content (AvgIpc) is 3.20. The standard InChI is InChI=1S/C18H17BrN2O5/c19-14-5-2-1-4-13(14)18(24)26-12-16(22)20-7-9-21(10-8-20)17(23)15-6-3-11-25-15/h1-6,11H,7-10,12H2. The van der Waals surface area contributed by atoms with Crippen LogP contribution in [0.3, 0.4) is 0 Å². The van der Waals surface area contributed by atoms with E-state index in [4.69, 9.17) is 9.15 Å². The lowest BCUT2D eigenvalue weighted by atomic mass is 10.2. The summed E-state index contributed by atoms with van der Waals surface area (Å²) in [7, 11) is 0. The molecule has 7 nitrogen and oxygen atoms in total. The maximum absolute atomic E-state index is 12.2. The zero-order valence-electron chi connectivity index (χ0n) is 13.9. The summed E-state index contributed by atoms with van der Waals surface area (Å²) in [5, 5.41) is 0. The van der Waals surface area contributed by atoms with E-state index in [1.54, 1.807) is 46.2 Å². The fourth-order valence-electron chi connectivity index (χ4n) is 2.64. The van der Waals surface area contributed by atoms with Gasteiger partial charge in [-0.05, 0) is 40.2 Å². The fraction of sp³-hybridized carbons (Fsp3) is 0.278. The van der Waals surface area contributed by atoms with Gasteiger partial charge in [-0.25, -0.2) is 4.79 Å². The van der Waals surface area contributed by atoms with Gasteiger partial charge in [0, 0.05) is 30.7 Å². The summed E-state index contributed by atoms with van der Waals surface area (Å²) in [6, 6.07) is 10.1. The summed E-state index contributed by atoms with van der Waals surface area (Å²) in [6.45, 7) is 1.26. The number of hydrogen-bond donors (Lipinski definition) is 0. The summed E-state index contributed by atoms with van der Waals surface area (Å²) >= 11 is 3.28. The number of rotatable bonds is 4. The molecular formula is C18H17BrN2O5. The van der Waals surface area contributed by atoms with E-state index in [9.17, 15) is 14.4 Å². The second-order valence-electron chi connectivity index (χ2n) is 5.71. The van der Waals surface area contributed by atoms with Gasteiger partial charge in [-0.3, -0.25) is 9.59 Å². The Hall–Kier alpha value is -2.61. The molecule has 2 aromatic rings. The summed E-state index contributed by atoms with van der Waals surface area (Å²) in [5.41, 5.74) is 0.370. The van der Waals surface area contributed by atoms with Gasteiger partial charge in [0.2, 0.25) is 0 Å². The smallest absolute Gasteiger partial charge is 0.339 e. The summed E-state index contributed by atoms with van der Waals surface area (Å²) in [4.78, 5) is 39.7. The highest BCUT2D eigenvalue weighted by Crippen LogP contribution is 2.17. The molecule has 1 fully saturated rings. The van der Waals surface area contributed by atoms with Crippen molar-refractivity contribution in [2.45, 2.75) is 0 Å². The van der Waals surface area contributed by atoms with Gasteiger partial charge in [-0.2, -0.15) is 0 Å². The molecule has 1 saturated heterocycles. The average molecular weight is 421 g/mol. The van der Waals surface area contributed by atoms with Crippen molar-refractivity contribution in [1.29, 1.82) is 0 Å². The molecule has 0 atom stereocenters. The Morgan fingerprint density at radius 3 is 2.35 bits per heavy atom. The topological polar surface area (TPSA) is 80.1 Å². The molecule has 1 aliphatic rings. The van der Waals surface area contributed by atoms with Crippen LogP contribution >= 0.6 is 15.9 Å². The summed E-state index contributed by atoms with van der Waals surface area (Å²) in [5.74, 6) is -0.748. The second kappa shape index (κ2) is 8.18. The van der Waals surface area contributed by atoms with Gasteiger partial charge in [-0.15, -0.1) is 0 Å². The minimum atomic E-state index is -0.558. The lowest BCUT2D eigenvalue weighted by Gasteiger charge is -2.34. The van der Waals surface area contributed by atoms with Gasteiger partial charge < -0.3 is 19.0 Å². The van der Waals surface area contributed by atoms with Crippen molar-refractivity contribution < 1.29 is 23.5 Å². The van der Waals surface area contributed by atoms with Gasteiger partial charge in [0.1, 0.15) is 0 Å². The van der Waals surface area contributed by atoms with Crippen molar-refractivity contribution in [3.63, 3.8) is 0 Å². The number of ether oxygens (including phenoxy) is 1. The van der Waals surface area contributed by atoms with E-state index >= 15 is 0 Å². The Bertz CT molecular complexity index is 798. The van der Waals surface area contributed by atoms with Crippen LogP contribution in [-0.2, 0) is 9.53 Å². The minimum Gasteiger partial charge on any atom is -0.459 e. The van der Waals surface area contributed by atoms with Crippen LogP contribution in [0.1, 0.15) is 20.9 Å². The van der Waals surface area contributed by atoms with E-state index in [-0.39, 0.29) is 24.2 Å². The highest BCUT2D eigenvalue weighted by Gasteiger charge is 2.26. The van der Waals surface area contributed by atoms with Gasteiger partial charge in [0.05, 0.1) is 11.8 Å². The zero-order chi connectivity index (χ0) is 18.5. The molecule has 136 valence electrons. The number of halogens is 1. The number of amides is 2. The summed E-state index contributed by atoms with van der Waals surface area (Å²) < 4.78 is 10.8. The Kier molecular flexibility index (Phi) is 5.72. The molecule has 3 rings (SSSR count). The van der Waals surface area contributed by atoms with E-state index in [1.807, 2.05) is 0 Å². The maximum Gasteiger partial charge on any atom is 0.339 e. The third-order valence-electron chi connectivity index (χ3n) is 4.07. The molecule has 0 N–H and O–H groups in total. The predicted molar refractivity (Wildman–Crippen MR) is 95.6 cm³/mol. The van der Waals surface area contributed by atoms with Crippen LogP contribution < -0.4 is 0 Å². The normalized spacial score (nSPS) is 14.2. The number of carbonyl (C=O) groups excluding carboxylic acids is 3. The van der Waals surface area contributed by atoms with Gasteiger partial charge in [0.15, 0.2) is 12.4 Å². The van der Waals surface area contributed by atoms with E-state index in [1.165, 1.54) is 6.26 Å². The largest absolute Gasteiger partial charge is 0.459 e. The van der Waals surface area contributed by atoms with Gasteiger partial charge in [-0.1, -0.05) is 12.1 Å². The maximum atomic E-state index is 12.2. The molecule has 8 heteroatoms. The first-order valence-corrected chi connectivity index (χ1v) is 8.88. The molecule has 0 saturated carbocycles. The van der Waals surface area contributed by atoms with E-state index in [0.29, 0.717) is 36.2 Å². The van der Waals surface area contributed by atoms with Crippen LogP contribution in [0.15, 0.2) is 51.6 Å². The SMILES string of the molecule is O=C(OCC(=O)N1CCN(C(=O)c2ccco2)CC1)c1ccccc1Br. The van der Waals surface area contributed by atoms with E-state index in [0.717, 1.165) is 0 Å². The molecule has 0 aliphatic carbocycles. The Morgan fingerprint density at radius 1 is 1.00 bits per heavy atom. The Balaban J connectivity index is 1.47. The van der Waals surface area contributed by atoms with Gasteiger partial charge >= 0.3 is 5.97 Å². The first-order valence-electron chi connectivity index (χ1n) is 8.08. The highest BCUT2D eigenvalue weighted by atomic mass is 79.9. The number of benzene rings is 1. The quantitative estimate of drug-likeness (QED) is 0.708.